The van der Waals surface area contributed by atoms with Gasteiger partial charge in [-0.2, -0.15) is 0 Å². The van der Waals surface area contributed by atoms with Crippen molar-refractivity contribution >= 4 is 46.0 Å². The van der Waals surface area contributed by atoms with Gasteiger partial charge in [-0.25, -0.2) is 0 Å². The van der Waals surface area contributed by atoms with Crippen LogP contribution in [0.25, 0.3) is 22.3 Å². The Balaban J connectivity index is 1.62. The van der Waals surface area contributed by atoms with Gasteiger partial charge in [0.1, 0.15) is 11.2 Å². The van der Waals surface area contributed by atoms with Crippen molar-refractivity contribution in [3.8, 4) is 11.1 Å². The van der Waals surface area contributed by atoms with Crippen molar-refractivity contribution in [3.63, 3.8) is 0 Å². The summed E-state index contributed by atoms with van der Waals surface area (Å²) in [4.78, 5) is 17.4. The predicted molar refractivity (Wildman–Crippen MR) is 107 cm³/mol. The molecule has 27 heavy (non-hydrogen) atoms. The van der Waals surface area contributed by atoms with Crippen molar-refractivity contribution in [1.29, 1.82) is 0 Å². The monoisotopic (exact) mass is 396 g/mol. The molecule has 0 saturated carbocycles. The molecule has 0 aliphatic heterocycles. The largest absolute Gasteiger partial charge is 0.455 e. The van der Waals surface area contributed by atoms with Crippen molar-refractivity contribution < 1.29 is 9.21 Å². The fourth-order valence-corrected chi connectivity index (χ4v) is 4.04. The number of furan rings is 2. The zero-order valence-corrected chi connectivity index (χ0v) is 16.1. The molecule has 0 spiro atoms. The lowest BCUT2D eigenvalue weighted by Gasteiger charge is -2.08. The van der Waals surface area contributed by atoms with Crippen molar-refractivity contribution in [2.45, 2.75) is 19.8 Å². The number of pyridine rings is 1. The average Bonchev–Trinajstić information content (AvgIpc) is 3.01. The van der Waals surface area contributed by atoms with Crippen LogP contribution in [-0.2, 0) is 0 Å². The number of carbonyl (C=O) groups is 1. The first kappa shape index (κ1) is 16.6. The Labute approximate surface area is 165 Å². The molecule has 134 valence electrons. The van der Waals surface area contributed by atoms with E-state index in [2.05, 4.69) is 17.2 Å². The fourth-order valence-electron chi connectivity index (χ4n) is 3.74. The van der Waals surface area contributed by atoms with Gasteiger partial charge in [-0.15, -0.1) is 0 Å². The molecule has 2 bridgehead atoms. The van der Waals surface area contributed by atoms with E-state index in [1.165, 1.54) is 5.56 Å². The van der Waals surface area contributed by atoms with Gasteiger partial charge in [0.15, 0.2) is 0 Å². The fraction of sp³-hybridized carbons (Fsp3) is 0.143. The highest BCUT2D eigenvalue weighted by atomic mass is 35.5. The van der Waals surface area contributed by atoms with Gasteiger partial charge in [0.2, 0.25) is 0 Å². The molecule has 6 heteroatoms. The van der Waals surface area contributed by atoms with E-state index in [-0.39, 0.29) is 5.91 Å². The Morgan fingerprint density at radius 1 is 1.11 bits per heavy atom. The number of nitrogens with zero attached hydrogens (tertiary/aromatic N) is 1. The minimum absolute atomic E-state index is 0.228. The zero-order valence-electron chi connectivity index (χ0n) is 14.6. The van der Waals surface area contributed by atoms with Crippen LogP contribution in [0.5, 0.6) is 0 Å². The van der Waals surface area contributed by atoms with Gasteiger partial charge in [0, 0.05) is 40.2 Å². The second-order valence-electron chi connectivity index (χ2n) is 6.83. The lowest BCUT2D eigenvalue weighted by atomic mass is 9.99. The Morgan fingerprint density at radius 2 is 1.89 bits per heavy atom. The molecule has 4 aromatic rings. The van der Waals surface area contributed by atoms with E-state index in [1.807, 2.05) is 19.1 Å². The second kappa shape index (κ2) is 5.72. The summed E-state index contributed by atoms with van der Waals surface area (Å²) in [5.41, 5.74) is 7.61. The first-order valence-corrected chi connectivity index (χ1v) is 9.32. The number of aryl methyl sites for hydroxylation is 1. The van der Waals surface area contributed by atoms with E-state index < -0.39 is 0 Å². The number of anilines is 1. The molecule has 5 rings (SSSR count). The van der Waals surface area contributed by atoms with Gasteiger partial charge in [-0.1, -0.05) is 30.1 Å². The van der Waals surface area contributed by atoms with Crippen LogP contribution < -0.4 is 5.32 Å². The van der Waals surface area contributed by atoms with Crippen molar-refractivity contribution in [2.24, 2.45) is 0 Å². The quantitative estimate of drug-likeness (QED) is 0.444. The standard InChI is InChI=1S/C21H14Cl2N2O2/c1-9-7-11(5-6-24-9)17-18(20-16-10(2)15(16)19(17)27-20)21(26)25-12-3-4-13(22)14(23)8-12/h3-8,10H,1-2H3,(H,25,26)/t10-/m1/s1. The topological polar surface area (TPSA) is 55.1 Å². The Bertz CT molecular complexity index is 1230. The van der Waals surface area contributed by atoms with Crippen LogP contribution in [-0.4, -0.2) is 10.9 Å². The summed E-state index contributed by atoms with van der Waals surface area (Å²) in [5, 5.41) is 3.74. The van der Waals surface area contributed by atoms with Crippen molar-refractivity contribution in [2.75, 3.05) is 5.32 Å². The highest BCUT2D eigenvalue weighted by Gasteiger charge is 2.44. The second-order valence-corrected chi connectivity index (χ2v) is 7.64. The Kier molecular flexibility index (Phi) is 3.51. The van der Waals surface area contributed by atoms with Crippen molar-refractivity contribution in [3.05, 3.63) is 69.0 Å². The van der Waals surface area contributed by atoms with Crippen LogP contribution in [0.2, 0.25) is 10.0 Å². The van der Waals surface area contributed by atoms with Gasteiger partial charge >= 0.3 is 0 Å². The molecule has 1 aliphatic carbocycles. The van der Waals surface area contributed by atoms with Gasteiger partial charge in [-0.3, -0.25) is 9.78 Å². The first-order chi connectivity index (χ1) is 13.0. The molecule has 1 aliphatic rings. The van der Waals surface area contributed by atoms with Gasteiger partial charge in [0.05, 0.1) is 15.6 Å². The third-order valence-electron chi connectivity index (χ3n) is 5.06. The summed E-state index contributed by atoms with van der Waals surface area (Å²) in [7, 11) is 0. The summed E-state index contributed by atoms with van der Waals surface area (Å²) in [6, 6.07) is 8.88. The number of benzene rings is 2. The van der Waals surface area contributed by atoms with Crippen LogP contribution in [0.15, 0.2) is 40.9 Å². The zero-order chi connectivity index (χ0) is 18.9. The van der Waals surface area contributed by atoms with E-state index in [9.17, 15) is 4.79 Å². The average molecular weight is 397 g/mol. The molecule has 1 N–H and O–H groups in total. The molecule has 1 aromatic carbocycles. The van der Waals surface area contributed by atoms with Crippen molar-refractivity contribution in [1.82, 2.24) is 4.98 Å². The smallest absolute Gasteiger partial charge is 0.260 e. The van der Waals surface area contributed by atoms with E-state index in [1.54, 1.807) is 24.4 Å². The lowest BCUT2D eigenvalue weighted by Crippen LogP contribution is -2.12. The van der Waals surface area contributed by atoms with E-state index in [0.29, 0.717) is 32.8 Å². The highest BCUT2D eigenvalue weighted by molar-refractivity contribution is 6.42. The van der Waals surface area contributed by atoms with Gasteiger partial charge < -0.3 is 9.73 Å². The van der Waals surface area contributed by atoms with Gasteiger partial charge in [-0.05, 0) is 42.8 Å². The Morgan fingerprint density at radius 3 is 2.63 bits per heavy atom. The SMILES string of the molecule is Cc1cc(-c2c(C(=O)Nc3ccc(Cl)c(Cl)c3)c3oc2c2c3[C@@H]2C)ccn1. The molecule has 0 radical (unpaired) electrons. The molecule has 3 aromatic heterocycles. The molecular formula is C21H14Cl2N2O2. The summed E-state index contributed by atoms with van der Waals surface area (Å²) in [5.74, 6) is 0.116. The third-order valence-corrected chi connectivity index (χ3v) is 5.80. The Hall–Kier alpha value is -2.56. The number of fused-ring (bicyclic) bond motifs is 5. The predicted octanol–water partition coefficient (Wildman–Crippen LogP) is 6.27. The van der Waals surface area contributed by atoms with Crippen LogP contribution in [0.1, 0.15) is 40.0 Å². The number of hydrogen-bond acceptors (Lipinski definition) is 3. The molecule has 1 amide bonds. The number of amides is 1. The molecule has 1 atom stereocenters. The maximum absolute atomic E-state index is 13.1. The molecule has 4 nitrogen and oxygen atoms in total. The number of rotatable bonds is 3. The number of halogens is 2. The summed E-state index contributed by atoms with van der Waals surface area (Å²) in [6.07, 6.45) is 1.75. The highest BCUT2D eigenvalue weighted by Crippen LogP contribution is 2.58. The number of aromatic nitrogens is 1. The van der Waals surface area contributed by atoms with E-state index >= 15 is 0 Å². The molecule has 3 heterocycles. The van der Waals surface area contributed by atoms with Gasteiger partial charge in [0.25, 0.3) is 5.91 Å². The summed E-state index contributed by atoms with van der Waals surface area (Å²) >= 11 is 12.0. The van der Waals surface area contributed by atoms with Crippen LogP contribution in [0, 0.1) is 6.92 Å². The normalized spacial score (nSPS) is 15.2. The molecular weight excluding hydrogens is 383 g/mol. The minimum atomic E-state index is -0.228. The molecule has 0 fully saturated rings. The van der Waals surface area contributed by atoms with Crippen LogP contribution >= 0.6 is 23.2 Å². The number of hydrogen-bond donors (Lipinski definition) is 1. The molecule has 0 saturated heterocycles. The molecule has 0 unspecified atom stereocenters. The number of nitrogens with one attached hydrogen (secondary N) is 1. The van der Waals surface area contributed by atoms with Crippen LogP contribution in [0.3, 0.4) is 0 Å². The maximum atomic E-state index is 13.1. The lowest BCUT2D eigenvalue weighted by molar-refractivity contribution is 0.102. The van der Waals surface area contributed by atoms with Crippen LogP contribution in [0.4, 0.5) is 5.69 Å². The maximum Gasteiger partial charge on any atom is 0.260 e. The minimum Gasteiger partial charge on any atom is -0.455 e. The van der Waals surface area contributed by atoms with E-state index in [4.69, 9.17) is 27.6 Å². The van der Waals surface area contributed by atoms with E-state index in [0.717, 1.165) is 28.0 Å². The summed E-state index contributed by atoms with van der Waals surface area (Å²) in [6.45, 7) is 4.05. The first-order valence-electron chi connectivity index (χ1n) is 8.56. The summed E-state index contributed by atoms with van der Waals surface area (Å²) < 4.78 is 5.98. The third kappa shape index (κ3) is 2.44. The number of carbonyl (C=O) groups excluding carboxylic acids is 1.